The van der Waals surface area contributed by atoms with E-state index >= 15 is 0 Å². The zero-order chi connectivity index (χ0) is 34.3. The molecule has 8 nitrogen and oxygen atoms in total. The van der Waals surface area contributed by atoms with Gasteiger partial charge in [-0.05, 0) is 151 Å². The minimum atomic E-state index is -0.728. The van der Waals surface area contributed by atoms with Gasteiger partial charge in [0, 0.05) is 0 Å². The van der Waals surface area contributed by atoms with Crippen LogP contribution in [0.3, 0.4) is 0 Å². The molecule has 47 heavy (non-hydrogen) atoms. The van der Waals surface area contributed by atoms with Crippen LogP contribution in [0.15, 0.2) is 0 Å². The van der Waals surface area contributed by atoms with Crippen LogP contribution < -0.4 is 0 Å². The quantitative estimate of drug-likeness (QED) is 0.164. The van der Waals surface area contributed by atoms with Crippen molar-refractivity contribution in [3.8, 4) is 0 Å². The first-order valence-corrected chi connectivity index (χ1v) is 18.9. The maximum Gasteiger partial charge on any atom is 0.344 e. The van der Waals surface area contributed by atoms with Gasteiger partial charge in [0.1, 0.15) is 11.2 Å². The summed E-state index contributed by atoms with van der Waals surface area (Å²) < 4.78 is 22.0. The van der Waals surface area contributed by atoms with Gasteiger partial charge in [-0.25, -0.2) is 9.59 Å². The van der Waals surface area contributed by atoms with Crippen molar-refractivity contribution in [3.05, 3.63) is 0 Å². The van der Waals surface area contributed by atoms with Crippen LogP contribution in [0.4, 0.5) is 0 Å². The van der Waals surface area contributed by atoms with Crippen LogP contribution in [0.2, 0.25) is 0 Å². The lowest BCUT2D eigenvalue weighted by Gasteiger charge is -2.62. The van der Waals surface area contributed by atoms with Gasteiger partial charge in [0.25, 0.3) is 0 Å². The molecule has 8 saturated carbocycles. The molecule has 8 aliphatic carbocycles. The van der Waals surface area contributed by atoms with E-state index in [4.69, 9.17) is 18.9 Å². The number of hydrogen-bond donors (Lipinski definition) is 0. The SMILES string of the molecule is CCC(C)(C)C(=O)OC1(C(C)C)C2CC3CC(C2)CC1C3.CCC(C)C(=O)OCC(=O)OCC(=O)OC1(C)C2CC3CC(C2)CC1C3. The van der Waals surface area contributed by atoms with Crippen LogP contribution in [-0.4, -0.2) is 48.3 Å². The predicted molar refractivity (Wildman–Crippen MR) is 178 cm³/mol. The van der Waals surface area contributed by atoms with E-state index in [1.165, 1.54) is 38.5 Å². The monoisotopic (exact) mass is 658 g/mol. The molecule has 0 aromatic carbocycles. The molecule has 0 heterocycles. The van der Waals surface area contributed by atoms with Gasteiger partial charge in [0.2, 0.25) is 0 Å². The van der Waals surface area contributed by atoms with Gasteiger partial charge in [-0.15, -0.1) is 0 Å². The summed E-state index contributed by atoms with van der Waals surface area (Å²) in [5.41, 5.74) is -0.951. The summed E-state index contributed by atoms with van der Waals surface area (Å²) in [5.74, 6) is 4.03. The molecule has 1 atom stereocenters. The maximum atomic E-state index is 12.8. The Morgan fingerprint density at radius 2 is 1.11 bits per heavy atom. The Morgan fingerprint density at radius 1 is 0.660 bits per heavy atom. The second-order valence-electron chi connectivity index (χ2n) is 17.5. The van der Waals surface area contributed by atoms with Crippen molar-refractivity contribution < 1.29 is 38.1 Å². The third-order valence-electron chi connectivity index (χ3n) is 13.8. The molecule has 8 fully saturated rings. The molecule has 0 aliphatic heterocycles. The smallest absolute Gasteiger partial charge is 0.344 e. The Morgan fingerprint density at radius 3 is 1.53 bits per heavy atom. The normalized spacial score (nSPS) is 38.3. The average Bonchev–Trinajstić information content (AvgIpc) is 3.02. The Hall–Kier alpha value is -2.12. The zero-order valence-corrected chi connectivity index (χ0v) is 30.4. The van der Waals surface area contributed by atoms with E-state index in [1.807, 2.05) is 27.7 Å². The minimum absolute atomic E-state index is 0.0335. The lowest BCUT2D eigenvalue weighted by Crippen LogP contribution is -2.63. The van der Waals surface area contributed by atoms with Crippen LogP contribution in [0.25, 0.3) is 0 Å². The molecule has 8 bridgehead atoms. The summed E-state index contributed by atoms with van der Waals surface area (Å²) in [6, 6.07) is 0. The van der Waals surface area contributed by atoms with Gasteiger partial charge < -0.3 is 18.9 Å². The first-order valence-electron chi connectivity index (χ1n) is 18.9. The van der Waals surface area contributed by atoms with Gasteiger partial charge >= 0.3 is 23.9 Å². The number of ether oxygens (including phenoxy) is 4. The number of carbonyl (C=O) groups excluding carboxylic acids is 4. The van der Waals surface area contributed by atoms with Crippen LogP contribution in [0.5, 0.6) is 0 Å². The Labute approximate surface area is 283 Å². The van der Waals surface area contributed by atoms with Crippen molar-refractivity contribution in [3.63, 3.8) is 0 Å². The van der Waals surface area contributed by atoms with E-state index in [0.717, 1.165) is 55.8 Å². The van der Waals surface area contributed by atoms with Gasteiger partial charge in [-0.1, -0.05) is 34.6 Å². The minimum Gasteiger partial charge on any atom is -0.458 e. The highest BCUT2D eigenvalue weighted by Gasteiger charge is 2.61. The van der Waals surface area contributed by atoms with Crippen LogP contribution in [-0.2, 0) is 38.1 Å². The van der Waals surface area contributed by atoms with E-state index < -0.39 is 36.7 Å². The summed E-state index contributed by atoms with van der Waals surface area (Å²) in [5, 5.41) is 0. The summed E-state index contributed by atoms with van der Waals surface area (Å²) in [7, 11) is 0. The third-order valence-corrected chi connectivity index (χ3v) is 13.8. The Balaban J connectivity index is 0.000000189. The molecule has 0 spiro atoms. The fourth-order valence-corrected chi connectivity index (χ4v) is 10.8. The summed E-state index contributed by atoms with van der Waals surface area (Å²) in [4.78, 5) is 48.2. The second kappa shape index (κ2) is 14.0. The van der Waals surface area contributed by atoms with Crippen molar-refractivity contribution in [2.45, 2.75) is 144 Å². The predicted octanol–water partition coefficient (Wildman–Crippen LogP) is 7.69. The molecule has 0 amide bonds. The average molecular weight is 659 g/mol. The summed E-state index contributed by atoms with van der Waals surface area (Å²) >= 11 is 0. The number of esters is 4. The molecule has 1 unspecified atom stereocenters. The molecule has 8 heteroatoms. The molecule has 0 saturated heterocycles. The largest absolute Gasteiger partial charge is 0.458 e. The molecule has 8 aliphatic rings. The van der Waals surface area contributed by atoms with E-state index in [9.17, 15) is 19.2 Å². The van der Waals surface area contributed by atoms with Crippen LogP contribution in [0.1, 0.15) is 132 Å². The highest BCUT2D eigenvalue weighted by molar-refractivity contribution is 5.80. The molecule has 0 radical (unpaired) electrons. The van der Waals surface area contributed by atoms with Crippen LogP contribution in [0, 0.1) is 64.6 Å². The molecular weight excluding hydrogens is 596 g/mol. The lowest BCUT2D eigenvalue weighted by molar-refractivity contribution is -0.231. The first-order chi connectivity index (χ1) is 22.1. The maximum absolute atomic E-state index is 12.8. The van der Waals surface area contributed by atoms with Crippen molar-refractivity contribution >= 4 is 23.9 Å². The van der Waals surface area contributed by atoms with E-state index in [-0.39, 0.29) is 22.9 Å². The van der Waals surface area contributed by atoms with Crippen LogP contribution >= 0.6 is 0 Å². The molecular formula is C39H62O8. The standard InChI is InChI=1S/C20H30O6.C19H32O2/c1-4-12(2)19(23)25-10-17(21)24-11-18(22)26-20(3)15-6-13-5-14(8-15)9-16(20)7-13;1-6-18(4,5)17(20)21-19(12(2)3)15-8-13-7-14(10-15)11-16(19)9-13/h12-16H,4-11H2,1-3H3;12-16H,6-11H2,1-5H3. The molecule has 8 rings (SSSR count). The second-order valence-corrected chi connectivity index (χ2v) is 17.5. The van der Waals surface area contributed by atoms with Gasteiger partial charge in [-0.3, -0.25) is 9.59 Å². The third kappa shape index (κ3) is 7.27. The number of hydrogen-bond acceptors (Lipinski definition) is 8. The van der Waals surface area contributed by atoms with E-state index in [2.05, 4.69) is 20.8 Å². The highest BCUT2D eigenvalue weighted by Crippen LogP contribution is 2.62. The Bertz CT molecular complexity index is 1110. The molecule has 266 valence electrons. The number of carbonyl (C=O) groups is 4. The summed E-state index contributed by atoms with van der Waals surface area (Å²) in [6.45, 7) is 15.4. The number of rotatable bonds is 11. The van der Waals surface area contributed by atoms with E-state index in [1.54, 1.807) is 6.92 Å². The Kier molecular flexibility index (Phi) is 10.8. The molecule has 0 aromatic heterocycles. The fourth-order valence-electron chi connectivity index (χ4n) is 10.8. The van der Waals surface area contributed by atoms with Crippen molar-refractivity contribution in [1.82, 2.24) is 0 Å². The van der Waals surface area contributed by atoms with Crippen molar-refractivity contribution in [1.29, 1.82) is 0 Å². The summed E-state index contributed by atoms with van der Waals surface area (Å²) in [6.07, 6.45) is 14.0. The van der Waals surface area contributed by atoms with Crippen molar-refractivity contribution in [2.75, 3.05) is 13.2 Å². The fraction of sp³-hybridized carbons (Fsp3) is 0.897. The molecule has 0 N–H and O–H groups in total. The van der Waals surface area contributed by atoms with E-state index in [0.29, 0.717) is 36.0 Å². The zero-order valence-electron chi connectivity index (χ0n) is 30.4. The lowest BCUT2D eigenvalue weighted by atomic mass is 9.47. The topological polar surface area (TPSA) is 105 Å². The van der Waals surface area contributed by atoms with Gasteiger partial charge in [-0.2, -0.15) is 0 Å². The first kappa shape index (κ1) is 36.2. The van der Waals surface area contributed by atoms with Crippen molar-refractivity contribution in [2.24, 2.45) is 64.6 Å². The van der Waals surface area contributed by atoms with Gasteiger partial charge in [0.15, 0.2) is 13.2 Å². The molecule has 0 aromatic rings. The van der Waals surface area contributed by atoms with Gasteiger partial charge in [0.05, 0.1) is 11.3 Å². The highest BCUT2D eigenvalue weighted by atomic mass is 16.6.